The lowest BCUT2D eigenvalue weighted by atomic mass is 10.3. The predicted molar refractivity (Wildman–Crippen MR) is 115 cm³/mol. The van der Waals surface area contributed by atoms with Crippen LogP contribution in [0, 0.1) is 6.92 Å². The molecule has 0 spiro atoms. The third-order valence-corrected chi connectivity index (χ3v) is 5.63. The highest BCUT2D eigenvalue weighted by molar-refractivity contribution is 7.16. The summed E-state index contributed by atoms with van der Waals surface area (Å²) in [5, 5.41) is 9.92. The van der Waals surface area contributed by atoms with Crippen molar-refractivity contribution in [2.45, 2.75) is 26.7 Å². The molecule has 0 atom stereocenters. The standard InChI is InChI=1S/C19H30N4O2S2/c1-4-20-19(21-9-5-11-25-13-12-24-3)22-10-8-16-6-7-18(27-16)17-14-26-15(2)23-17/h6-7,14H,4-5,8-13H2,1-3H3,(H2,20,21,22). The molecule has 0 fully saturated rings. The van der Waals surface area contributed by atoms with Crippen LogP contribution in [0.3, 0.4) is 0 Å². The monoisotopic (exact) mass is 410 g/mol. The summed E-state index contributed by atoms with van der Waals surface area (Å²) in [6.07, 6.45) is 1.87. The molecule has 2 aromatic heterocycles. The van der Waals surface area contributed by atoms with Crippen molar-refractivity contribution in [3.63, 3.8) is 0 Å². The van der Waals surface area contributed by atoms with Crippen LogP contribution in [0.2, 0.25) is 0 Å². The number of aryl methyl sites for hydroxylation is 1. The minimum Gasteiger partial charge on any atom is -0.382 e. The first-order valence-corrected chi connectivity index (χ1v) is 11.0. The molecule has 0 saturated heterocycles. The fourth-order valence-corrected chi connectivity index (χ4v) is 4.03. The van der Waals surface area contributed by atoms with Crippen molar-refractivity contribution in [3.8, 4) is 10.6 Å². The number of ether oxygens (including phenoxy) is 2. The smallest absolute Gasteiger partial charge is 0.191 e. The molecule has 2 N–H and O–H groups in total. The van der Waals surface area contributed by atoms with E-state index < -0.39 is 0 Å². The van der Waals surface area contributed by atoms with Gasteiger partial charge in [-0.05, 0) is 38.8 Å². The predicted octanol–water partition coefficient (Wildman–Crippen LogP) is 3.33. The molecule has 0 radical (unpaired) electrons. The second-order valence-corrected chi connectivity index (χ2v) is 8.14. The van der Waals surface area contributed by atoms with E-state index in [4.69, 9.17) is 9.47 Å². The number of thiophene rings is 1. The number of hydrogen-bond acceptors (Lipinski definition) is 6. The number of guanidine groups is 1. The van der Waals surface area contributed by atoms with Crippen LogP contribution in [-0.4, -0.2) is 57.5 Å². The maximum absolute atomic E-state index is 5.46. The molecule has 0 aliphatic heterocycles. The third-order valence-electron chi connectivity index (χ3n) is 3.69. The maximum atomic E-state index is 5.46. The van der Waals surface area contributed by atoms with Gasteiger partial charge in [0.05, 0.1) is 28.8 Å². The molecule has 27 heavy (non-hydrogen) atoms. The van der Waals surface area contributed by atoms with E-state index in [1.54, 1.807) is 18.4 Å². The van der Waals surface area contributed by atoms with Gasteiger partial charge >= 0.3 is 0 Å². The van der Waals surface area contributed by atoms with Gasteiger partial charge in [-0.25, -0.2) is 4.98 Å². The number of nitrogens with zero attached hydrogens (tertiary/aromatic N) is 2. The van der Waals surface area contributed by atoms with Crippen molar-refractivity contribution < 1.29 is 9.47 Å². The van der Waals surface area contributed by atoms with Crippen LogP contribution in [0.1, 0.15) is 23.2 Å². The van der Waals surface area contributed by atoms with Gasteiger partial charge in [-0.15, -0.1) is 22.7 Å². The van der Waals surface area contributed by atoms with E-state index >= 15 is 0 Å². The first-order valence-electron chi connectivity index (χ1n) is 9.33. The highest BCUT2D eigenvalue weighted by Crippen LogP contribution is 2.29. The fourth-order valence-electron chi connectivity index (χ4n) is 2.37. The zero-order valence-corrected chi connectivity index (χ0v) is 18.0. The zero-order valence-electron chi connectivity index (χ0n) is 16.4. The Morgan fingerprint density at radius 1 is 1.22 bits per heavy atom. The average Bonchev–Trinajstić information content (AvgIpc) is 3.30. The molecule has 0 aliphatic rings. The van der Waals surface area contributed by atoms with E-state index in [1.165, 1.54) is 9.75 Å². The van der Waals surface area contributed by atoms with Crippen LogP contribution in [0.15, 0.2) is 22.5 Å². The fraction of sp³-hybridized carbons (Fsp3) is 0.579. The summed E-state index contributed by atoms with van der Waals surface area (Å²) in [6.45, 7) is 8.55. The Morgan fingerprint density at radius 3 is 2.85 bits per heavy atom. The summed E-state index contributed by atoms with van der Waals surface area (Å²) < 4.78 is 10.4. The summed E-state index contributed by atoms with van der Waals surface area (Å²) in [4.78, 5) is 11.7. The molecule has 6 nitrogen and oxygen atoms in total. The molecular weight excluding hydrogens is 380 g/mol. The molecule has 8 heteroatoms. The Balaban J connectivity index is 1.70. The SMILES string of the molecule is CCNC(=NCCCOCCOC)NCCc1ccc(-c2csc(C)n2)s1. The van der Waals surface area contributed by atoms with E-state index in [0.717, 1.165) is 49.1 Å². The van der Waals surface area contributed by atoms with E-state index in [9.17, 15) is 0 Å². The molecule has 2 rings (SSSR count). The number of aromatic nitrogens is 1. The highest BCUT2D eigenvalue weighted by atomic mass is 32.1. The summed E-state index contributed by atoms with van der Waals surface area (Å²) in [7, 11) is 1.68. The lowest BCUT2D eigenvalue weighted by Crippen LogP contribution is -2.38. The van der Waals surface area contributed by atoms with Crippen LogP contribution in [-0.2, 0) is 15.9 Å². The Kier molecular flexibility index (Phi) is 10.4. The van der Waals surface area contributed by atoms with Crippen molar-refractivity contribution >= 4 is 28.6 Å². The van der Waals surface area contributed by atoms with Crippen LogP contribution >= 0.6 is 22.7 Å². The van der Waals surface area contributed by atoms with Gasteiger partial charge in [-0.2, -0.15) is 0 Å². The van der Waals surface area contributed by atoms with Gasteiger partial charge in [0.25, 0.3) is 0 Å². The summed E-state index contributed by atoms with van der Waals surface area (Å²) in [6, 6.07) is 4.36. The van der Waals surface area contributed by atoms with Gasteiger partial charge < -0.3 is 20.1 Å². The van der Waals surface area contributed by atoms with Gasteiger partial charge in [0.15, 0.2) is 5.96 Å². The van der Waals surface area contributed by atoms with Crippen molar-refractivity contribution in [3.05, 3.63) is 27.4 Å². The molecule has 0 aromatic carbocycles. The lowest BCUT2D eigenvalue weighted by molar-refractivity contribution is 0.0702. The minimum absolute atomic E-state index is 0.639. The maximum Gasteiger partial charge on any atom is 0.191 e. The first-order chi connectivity index (χ1) is 13.2. The zero-order chi connectivity index (χ0) is 19.3. The molecule has 0 saturated carbocycles. The topological polar surface area (TPSA) is 67.8 Å². The lowest BCUT2D eigenvalue weighted by Gasteiger charge is -2.10. The van der Waals surface area contributed by atoms with Crippen LogP contribution in [0.25, 0.3) is 10.6 Å². The van der Waals surface area contributed by atoms with Gasteiger partial charge in [-0.3, -0.25) is 4.99 Å². The first kappa shape index (κ1) is 21.8. The Bertz CT molecular complexity index is 685. The second kappa shape index (κ2) is 12.8. The van der Waals surface area contributed by atoms with Crippen molar-refractivity contribution in [1.82, 2.24) is 15.6 Å². The van der Waals surface area contributed by atoms with E-state index in [0.29, 0.717) is 19.8 Å². The molecular formula is C19H30N4O2S2. The van der Waals surface area contributed by atoms with Gasteiger partial charge in [0.1, 0.15) is 0 Å². The molecule has 0 aliphatic carbocycles. The molecule has 150 valence electrons. The Labute approximate surface area is 170 Å². The molecule has 0 bridgehead atoms. The number of thiazole rings is 1. The summed E-state index contributed by atoms with van der Waals surface area (Å²) in [5.41, 5.74) is 1.09. The number of aliphatic imine (C=N–C) groups is 1. The highest BCUT2D eigenvalue weighted by Gasteiger charge is 2.06. The van der Waals surface area contributed by atoms with Crippen LogP contribution in [0.4, 0.5) is 0 Å². The second-order valence-electron chi connectivity index (χ2n) is 5.91. The third kappa shape index (κ3) is 8.38. The molecule has 2 heterocycles. The Morgan fingerprint density at radius 2 is 2.11 bits per heavy atom. The molecule has 0 amide bonds. The number of methoxy groups -OCH3 is 1. The average molecular weight is 411 g/mol. The van der Waals surface area contributed by atoms with Crippen LogP contribution in [0.5, 0.6) is 0 Å². The van der Waals surface area contributed by atoms with Gasteiger partial charge in [-0.1, -0.05) is 0 Å². The largest absolute Gasteiger partial charge is 0.382 e. The van der Waals surface area contributed by atoms with E-state index in [1.807, 2.05) is 18.3 Å². The van der Waals surface area contributed by atoms with E-state index in [-0.39, 0.29) is 0 Å². The number of nitrogens with one attached hydrogen (secondary N) is 2. The van der Waals surface area contributed by atoms with Gasteiger partial charge in [0, 0.05) is 43.6 Å². The number of rotatable bonds is 12. The van der Waals surface area contributed by atoms with Crippen molar-refractivity contribution in [2.75, 3.05) is 46.6 Å². The molecule has 2 aromatic rings. The minimum atomic E-state index is 0.639. The quantitative estimate of drug-likeness (QED) is 0.319. The van der Waals surface area contributed by atoms with Crippen molar-refractivity contribution in [1.29, 1.82) is 0 Å². The summed E-state index contributed by atoms with van der Waals surface area (Å²) >= 11 is 3.51. The van der Waals surface area contributed by atoms with Crippen LogP contribution < -0.4 is 10.6 Å². The normalized spacial score (nSPS) is 11.7. The van der Waals surface area contributed by atoms with Gasteiger partial charge in [0.2, 0.25) is 0 Å². The van der Waals surface area contributed by atoms with E-state index in [2.05, 4.69) is 45.0 Å². The van der Waals surface area contributed by atoms with Crippen molar-refractivity contribution in [2.24, 2.45) is 4.99 Å². The number of hydrogen-bond donors (Lipinski definition) is 2. The molecule has 0 unspecified atom stereocenters. The Hall–Kier alpha value is -1.48. The summed E-state index contributed by atoms with van der Waals surface area (Å²) in [5.74, 6) is 0.862.